The van der Waals surface area contributed by atoms with Crippen LogP contribution in [0.5, 0.6) is 0 Å². The highest BCUT2D eigenvalue weighted by atomic mass is 35.5. The van der Waals surface area contributed by atoms with Gasteiger partial charge in [-0.1, -0.05) is 11.6 Å². The minimum Gasteiger partial charge on any atom is -0.355 e. The summed E-state index contributed by atoms with van der Waals surface area (Å²) in [5.74, 6) is -1.61. The number of nitrogens with one attached hydrogen (secondary N) is 2. The lowest BCUT2D eigenvalue weighted by molar-refractivity contribution is 0.0963. The van der Waals surface area contributed by atoms with E-state index in [2.05, 4.69) is 5.32 Å². The van der Waals surface area contributed by atoms with Crippen molar-refractivity contribution in [3.8, 4) is 0 Å². The molecule has 17 heavy (non-hydrogen) atoms. The molecule has 5 nitrogen and oxygen atoms in total. The highest BCUT2D eigenvalue weighted by Crippen LogP contribution is 2.23. The summed E-state index contributed by atoms with van der Waals surface area (Å²) >= 11 is 5.65. The summed E-state index contributed by atoms with van der Waals surface area (Å²) in [5.41, 5.74) is -0.107. The van der Waals surface area contributed by atoms with Crippen LogP contribution in [-0.4, -0.2) is 28.4 Å². The van der Waals surface area contributed by atoms with E-state index in [1.807, 2.05) is 4.72 Å². The van der Waals surface area contributed by atoms with Gasteiger partial charge in [0.25, 0.3) is 5.91 Å². The molecular formula is C9H10ClFN2O3S. The van der Waals surface area contributed by atoms with Gasteiger partial charge >= 0.3 is 0 Å². The number of benzene rings is 1. The molecular weight excluding hydrogens is 271 g/mol. The van der Waals surface area contributed by atoms with Crippen LogP contribution in [0.1, 0.15) is 10.4 Å². The Morgan fingerprint density at radius 3 is 2.41 bits per heavy atom. The molecule has 94 valence electrons. The molecule has 8 heteroatoms. The van der Waals surface area contributed by atoms with Crippen molar-refractivity contribution in [1.29, 1.82) is 0 Å². The van der Waals surface area contributed by atoms with Gasteiger partial charge in [-0.25, -0.2) is 17.5 Å². The zero-order chi connectivity index (χ0) is 13.2. The van der Waals surface area contributed by atoms with E-state index < -0.39 is 26.6 Å². The smallest absolute Gasteiger partial charge is 0.252 e. The van der Waals surface area contributed by atoms with Crippen molar-refractivity contribution in [2.75, 3.05) is 14.1 Å². The second kappa shape index (κ2) is 4.99. The molecule has 2 N–H and O–H groups in total. The van der Waals surface area contributed by atoms with Gasteiger partial charge in [0.2, 0.25) is 10.0 Å². The summed E-state index contributed by atoms with van der Waals surface area (Å²) in [4.78, 5) is 10.8. The number of hydrogen-bond acceptors (Lipinski definition) is 3. The zero-order valence-electron chi connectivity index (χ0n) is 9.04. The van der Waals surface area contributed by atoms with Crippen LogP contribution in [0.3, 0.4) is 0 Å². The van der Waals surface area contributed by atoms with Crippen molar-refractivity contribution >= 4 is 27.5 Å². The molecule has 0 aromatic heterocycles. The number of carbonyl (C=O) groups excluding carboxylic acids is 1. The van der Waals surface area contributed by atoms with Crippen molar-refractivity contribution in [3.05, 3.63) is 28.5 Å². The molecule has 0 atom stereocenters. The van der Waals surface area contributed by atoms with Gasteiger partial charge in [-0.05, 0) is 19.2 Å². The van der Waals surface area contributed by atoms with Gasteiger partial charge in [-0.3, -0.25) is 4.79 Å². The Labute approximate surface area is 103 Å². The van der Waals surface area contributed by atoms with Crippen LogP contribution in [0.4, 0.5) is 4.39 Å². The quantitative estimate of drug-likeness (QED) is 0.858. The Hall–Kier alpha value is -1.18. The maximum Gasteiger partial charge on any atom is 0.252 e. The van der Waals surface area contributed by atoms with Crippen LogP contribution in [-0.2, 0) is 10.0 Å². The van der Waals surface area contributed by atoms with Crippen LogP contribution < -0.4 is 10.0 Å². The van der Waals surface area contributed by atoms with Gasteiger partial charge in [-0.2, -0.15) is 0 Å². The van der Waals surface area contributed by atoms with Crippen molar-refractivity contribution < 1.29 is 17.6 Å². The molecule has 0 fully saturated rings. The summed E-state index contributed by atoms with van der Waals surface area (Å²) in [6.45, 7) is 0. The van der Waals surface area contributed by atoms with Gasteiger partial charge in [0.05, 0.1) is 10.6 Å². The fraction of sp³-hybridized carbons (Fsp3) is 0.222. The van der Waals surface area contributed by atoms with E-state index in [1.165, 1.54) is 7.05 Å². The summed E-state index contributed by atoms with van der Waals surface area (Å²) in [5, 5.41) is 2.12. The van der Waals surface area contributed by atoms with E-state index in [1.54, 1.807) is 0 Å². The normalized spacial score (nSPS) is 11.3. The van der Waals surface area contributed by atoms with Gasteiger partial charge in [0, 0.05) is 7.05 Å². The molecule has 0 unspecified atom stereocenters. The molecule has 0 heterocycles. The second-order valence-electron chi connectivity index (χ2n) is 3.05. The van der Waals surface area contributed by atoms with E-state index in [-0.39, 0.29) is 10.6 Å². The Balaban J connectivity index is 3.50. The molecule has 1 aromatic carbocycles. The van der Waals surface area contributed by atoms with E-state index in [9.17, 15) is 17.6 Å². The van der Waals surface area contributed by atoms with Gasteiger partial charge in [0.1, 0.15) is 10.7 Å². The third-order valence-corrected chi connectivity index (χ3v) is 3.79. The zero-order valence-corrected chi connectivity index (χ0v) is 10.6. The summed E-state index contributed by atoms with van der Waals surface area (Å²) < 4.78 is 38.3. The SMILES string of the molecule is CNC(=O)c1cc(S(=O)(=O)NC)c(F)cc1Cl. The van der Waals surface area contributed by atoms with Crippen molar-refractivity contribution in [3.63, 3.8) is 0 Å². The molecule has 0 saturated heterocycles. The molecule has 0 radical (unpaired) electrons. The third kappa shape index (κ3) is 2.74. The van der Waals surface area contributed by atoms with E-state index in [0.717, 1.165) is 19.2 Å². The molecule has 1 aromatic rings. The maximum absolute atomic E-state index is 13.4. The summed E-state index contributed by atoms with van der Waals surface area (Å²) in [6.07, 6.45) is 0. The highest BCUT2D eigenvalue weighted by molar-refractivity contribution is 7.89. The van der Waals surface area contributed by atoms with Crippen LogP contribution in [0.25, 0.3) is 0 Å². The van der Waals surface area contributed by atoms with Gasteiger partial charge in [0.15, 0.2) is 0 Å². The number of hydrogen-bond donors (Lipinski definition) is 2. The fourth-order valence-corrected chi connectivity index (χ4v) is 2.20. The van der Waals surface area contributed by atoms with Crippen molar-refractivity contribution in [1.82, 2.24) is 10.0 Å². The fourth-order valence-electron chi connectivity index (χ4n) is 1.15. The van der Waals surface area contributed by atoms with Crippen LogP contribution in [0.2, 0.25) is 5.02 Å². The topological polar surface area (TPSA) is 75.3 Å². The third-order valence-electron chi connectivity index (χ3n) is 2.05. The average Bonchev–Trinajstić information content (AvgIpc) is 2.27. The molecule has 0 aliphatic rings. The minimum atomic E-state index is -3.97. The molecule has 0 bridgehead atoms. The predicted molar refractivity (Wildman–Crippen MR) is 61.0 cm³/mol. The largest absolute Gasteiger partial charge is 0.355 e. The molecule has 0 saturated carbocycles. The summed E-state index contributed by atoms with van der Waals surface area (Å²) in [6, 6.07) is 1.68. The Bertz CT molecular complexity index is 560. The van der Waals surface area contributed by atoms with E-state index in [4.69, 9.17) is 11.6 Å². The Morgan fingerprint density at radius 1 is 1.35 bits per heavy atom. The molecule has 0 spiro atoms. The number of halogens is 2. The minimum absolute atomic E-state index is 0.107. The Morgan fingerprint density at radius 2 is 1.94 bits per heavy atom. The van der Waals surface area contributed by atoms with E-state index in [0.29, 0.717) is 0 Å². The first-order valence-electron chi connectivity index (χ1n) is 4.48. The average molecular weight is 281 g/mol. The Kier molecular flexibility index (Phi) is 4.07. The number of sulfonamides is 1. The number of carbonyl (C=O) groups is 1. The predicted octanol–water partition coefficient (Wildman–Crippen LogP) is 0.747. The van der Waals surface area contributed by atoms with Crippen LogP contribution in [0, 0.1) is 5.82 Å². The van der Waals surface area contributed by atoms with Crippen LogP contribution in [0.15, 0.2) is 17.0 Å². The first-order chi connectivity index (χ1) is 7.83. The van der Waals surface area contributed by atoms with E-state index >= 15 is 0 Å². The van der Waals surface area contributed by atoms with Crippen molar-refractivity contribution in [2.24, 2.45) is 0 Å². The lowest BCUT2D eigenvalue weighted by atomic mass is 10.2. The molecule has 1 rings (SSSR count). The van der Waals surface area contributed by atoms with Crippen molar-refractivity contribution in [2.45, 2.75) is 4.90 Å². The van der Waals surface area contributed by atoms with Gasteiger partial charge < -0.3 is 5.32 Å². The van der Waals surface area contributed by atoms with Crippen LogP contribution >= 0.6 is 11.6 Å². The second-order valence-corrected chi connectivity index (χ2v) is 5.31. The first-order valence-corrected chi connectivity index (χ1v) is 6.34. The molecule has 0 aliphatic carbocycles. The lowest BCUT2D eigenvalue weighted by Gasteiger charge is -2.08. The summed E-state index contributed by atoms with van der Waals surface area (Å²) in [7, 11) is -1.48. The number of amides is 1. The van der Waals surface area contributed by atoms with Gasteiger partial charge in [-0.15, -0.1) is 0 Å². The first kappa shape index (κ1) is 13.9. The highest BCUT2D eigenvalue weighted by Gasteiger charge is 2.21. The standard InChI is InChI=1S/C9H10ClFN2O3S/c1-12-9(14)5-3-8(17(15,16)13-2)7(11)4-6(5)10/h3-4,13H,1-2H3,(H,12,14). The lowest BCUT2D eigenvalue weighted by Crippen LogP contribution is -2.23. The monoisotopic (exact) mass is 280 g/mol. The number of rotatable bonds is 3. The maximum atomic E-state index is 13.4. The molecule has 1 amide bonds. The molecule has 0 aliphatic heterocycles.